The van der Waals surface area contributed by atoms with Crippen LogP contribution >= 0.6 is 11.8 Å². The number of pyridine rings is 1. The highest BCUT2D eigenvalue weighted by Gasteiger charge is 2.55. The number of carbonyl (C=O) groups is 2. The minimum absolute atomic E-state index is 0.0230. The smallest absolute Gasteiger partial charge is 0.235 e. The number of nitrogens with zero attached hydrogens (tertiary/aromatic N) is 2. The second-order valence-electron chi connectivity index (χ2n) is 6.38. The Labute approximate surface area is 144 Å². The lowest BCUT2D eigenvalue weighted by Gasteiger charge is -2.45. The first-order chi connectivity index (χ1) is 11.3. The van der Waals surface area contributed by atoms with Crippen molar-refractivity contribution in [3.05, 3.63) is 40.2 Å². The minimum atomic E-state index is -1.33. The number of aliphatic carboxylic acids is 1. The third kappa shape index (κ3) is 2.71. The van der Waals surface area contributed by atoms with E-state index in [-0.39, 0.29) is 17.6 Å². The molecule has 1 fully saturated rings. The van der Waals surface area contributed by atoms with Gasteiger partial charge in [-0.15, -0.1) is 11.8 Å². The number of amides is 1. The van der Waals surface area contributed by atoms with Gasteiger partial charge in [-0.1, -0.05) is 0 Å². The van der Waals surface area contributed by atoms with E-state index in [0.717, 1.165) is 11.3 Å². The third-order valence-corrected chi connectivity index (χ3v) is 5.94. The van der Waals surface area contributed by atoms with Gasteiger partial charge in [0.25, 0.3) is 0 Å². The molecule has 2 aliphatic heterocycles. The Morgan fingerprint density at radius 2 is 2.29 bits per heavy atom. The van der Waals surface area contributed by atoms with Crippen LogP contribution < -0.4 is 9.67 Å². The van der Waals surface area contributed by atoms with Crippen LogP contribution in [0, 0.1) is 12.8 Å². The SMILES string of the molecule is Cc1cc(CSC2=C(C(=O)[O-])N3C(=O)[C@H](C(C)O)[C@H]3C2)cc[n+]1C. The summed E-state index contributed by atoms with van der Waals surface area (Å²) in [5.41, 5.74) is 2.18. The molecule has 1 aromatic rings. The van der Waals surface area contributed by atoms with Crippen LogP contribution in [-0.2, 0) is 22.4 Å². The average molecular weight is 348 g/mol. The molecule has 0 bridgehead atoms. The molecule has 3 heterocycles. The number of rotatable bonds is 5. The Hall–Kier alpha value is -1.86. The van der Waals surface area contributed by atoms with Crippen LogP contribution in [0.4, 0.5) is 0 Å². The normalized spacial score (nSPS) is 24.0. The average Bonchev–Trinajstić information content (AvgIpc) is 2.82. The van der Waals surface area contributed by atoms with E-state index in [1.54, 1.807) is 6.92 Å². The van der Waals surface area contributed by atoms with Crippen LogP contribution in [0.5, 0.6) is 0 Å². The Morgan fingerprint density at radius 1 is 1.58 bits per heavy atom. The van der Waals surface area contributed by atoms with Crippen molar-refractivity contribution in [1.82, 2.24) is 4.90 Å². The van der Waals surface area contributed by atoms with Gasteiger partial charge < -0.3 is 19.9 Å². The third-order valence-electron chi connectivity index (χ3n) is 4.76. The van der Waals surface area contributed by atoms with E-state index in [1.165, 1.54) is 16.7 Å². The molecule has 1 N–H and O–H groups in total. The number of thioether (sulfide) groups is 1. The zero-order valence-electron chi connectivity index (χ0n) is 13.9. The second kappa shape index (κ2) is 6.22. The van der Waals surface area contributed by atoms with Crippen molar-refractivity contribution < 1.29 is 24.4 Å². The first-order valence-electron chi connectivity index (χ1n) is 7.85. The van der Waals surface area contributed by atoms with Gasteiger partial charge in [-0.25, -0.2) is 4.57 Å². The lowest BCUT2D eigenvalue weighted by Crippen LogP contribution is -2.62. The minimum Gasteiger partial charge on any atom is -0.543 e. The van der Waals surface area contributed by atoms with Gasteiger partial charge in [-0.2, -0.15) is 0 Å². The van der Waals surface area contributed by atoms with Gasteiger partial charge in [0.05, 0.1) is 29.7 Å². The fourth-order valence-electron chi connectivity index (χ4n) is 3.35. The molecule has 3 rings (SSSR count). The number of aryl methyl sites for hydroxylation is 2. The maximum Gasteiger partial charge on any atom is 0.235 e. The largest absolute Gasteiger partial charge is 0.543 e. The topological polar surface area (TPSA) is 84.5 Å². The molecule has 7 heteroatoms. The van der Waals surface area contributed by atoms with Crippen molar-refractivity contribution in [2.45, 2.75) is 38.2 Å². The van der Waals surface area contributed by atoms with E-state index in [1.807, 2.05) is 30.8 Å². The molecule has 24 heavy (non-hydrogen) atoms. The Kier molecular flexibility index (Phi) is 4.40. The molecule has 3 atom stereocenters. The standard InChI is InChI=1S/C17H20N2O4S/c1-9-6-11(4-5-18(9)3)8-24-13-7-12-14(10(2)20)16(21)19(12)15(13)17(22)23/h4-6,10,12,14,20H,7-8H2,1-3H3/t10?,12-,14-/m1/s1. The van der Waals surface area contributed by atoms with Gasteiger partial charge in [0, 0.05) is 36.1 Å². The highest BCUT2D eigenvalue weighted by Crippen LogP contribution is 2.47. The van der Waals surface area contributed by atoms with Gasteiger partial charge in [0.2, 0.25) is 5.91 Å². The number of aliphatic hydroxyl groups is 1. The zero-order valence-corrected chi connectivity index (χ0v) is 14.7. The van der Waals surface area contributed by atoms with Crippen LogP contribution in [0.15, 0.2) is 28.9 Å². The molecule has 0 aromatic carbocycles. The fraction of sp³-hybridized carbons (Fsp3) is 0.471. The van der Waals surface area contributed by atoms with Crippen molar-refractivity contribution in [1.29, 1.82) is 0 Å². The van der Waals surface area contributed by atoms with Crippen LogP contribution in [0.3, 0.4) is 0 Å². The summed E-state index contributed by atoms with van der Waals surface area (Å²) >= 11 is 1.43. The summed E-state index contributed by atoms with van der Waals surface area (Å²) in [7, 11) is 1.97. The summed E-state index contributed by atoms with van der Waals surface area (Å²) < 4.78 is 2.01. The molecule has 1 saturated heterocycles. The van der Waals surface area contributed by atoms with Crippen LogP contribution in [-0.4, -0.2) is 34.0 Å². The summed E-state index contributed by atoms with van der Waals surface area (Å²) in [4.78, 5) is 25.6. The van der Waals surface area contributed by atoms with E-state index in [9.17, 15) is 19.8 Å². The first-order valence-corrected chi connectivity index (χ1v) is 8.83. The van der Waals surface area contributed by atoms with Crippen molar-refractivity contribution in [2.24, 2.45) is 13.0 Å². The summed E-state index contributed by atoms with van der Waals surface area (Å²) in [6, 6.07) is 3.79. The van der Waals surface area contributed by atoms with Crippen molar-refractivity contribution >= 4 is 23.6 Å². The maximum atomic E-state index is 12.1. The number of carboxylic acids is 1. The van der Waals surface area contributed by atoms with Crippen molar-refractivity contribution in [2.75, 3.05) is 0 Å². The van der Waals surface area contributed by atoms with Crippen molar-refractivity contribution in [3.63, 3.8) is 0 Å². The number of hydrogen-bond acceptors (Lipinski definition) is 5. The highest BCUT2D eigenvalue weighted by atomic mass is 32.2. The van der Waals surface area contributed by atoms with Crippen LogP contribution in [0.2, 0.25) is 0 Å². The van der Waals surface area contributed by atoms with Gasteiger partial charge >= 0.3 is 0 Å². The van der Waals surface area contributed by atoms with Gasteiger partial charge in [-0.05, 0) is 12.5 Å². The molecule has 0 radical (unpaired) electrons. The molecule has 128 valence electrons. The van der Waals surface area contributed by atoms with E-state index >= 15 is 0 Å². The second-order valence-corrected chi connectivity index (χ2v) is 7.45. The van der Waals surface area contributed by atoms with E-state index < -0.39 is 18.0 Å². The molecule has 0 aliphatic carbocycles. The first kappa shape index (κ1) is 17.0. The number of hydrogen-bond donors (Lipinski definition) is 1. The van der Waals surface area contributed by atoms with E-state index in [4.69, 9.17) is 0 Å². The summed E-state index contributed by atoms with van der Waals surface area (Å²) in [5, 5.41) is 21.2. The number of fused-ring (bicyclic) bond motifs is 1. The number of β-lactam (4-membered cyclic amide) rings is 1. The van der Waals surface area contributed by atoms with Gasteiger partial charge in [0.1, 0.15) is 7.05 Å². The zero-order chi connectivity index (χ0) is 17.6. The molecule has 1 aromatic heterocycles. The van der Waals surface area contributed by atoms with Crippen molar-refractivity contribution in [3.8, 4) is 0 Å². The maximum absolute atomic E-state index is 12.1. The Balaban J connectivity index is 1.78. The molecule has 2 aliphatic rings. The van der Waals surface area contributed by atoms with Crippen LogP contribution in [0.1, 0.15) is 24.6 Å². The predicted octanol–water partition coefficient (Wildman–Crippen LogP) is -0.374. The van der Waals surface area contributed by atoms with E-state index in [0.29, 0.717) is 17.1 Å². The molecular weight excluding hydrogens is 328 g/mol. The number of carboxylic acid groups (broad SMARTS) is 1. The number of aromatic nitrogens is 1. The number of aliphatic hydroxyl groups excluding tert-OH is 1. The summed E-state index contributed by atoms with van der Waals surface area (Å²) in [5.74, 6) is -1.54. The molecule has 0 spiro atoms. The molecule has 6 nitrogen and oxygen atoms in total. The molecular formula is C17H20N2O4S. The quantitative estimate of drug-likeness (QED) is 0.580. The lowest BCUT2D eigenvalue weighted by atomic mass is 9.83. The molecule has 1 unspecified atom stereocenters. The van der Waals surface area contributed by atoms with Crippen LogP contribution in [0.25, 0.3) is 0 Å². The Bertz CT molecular complexity index is 744. The molecule has 1 amide bonds. The number of carbonyl (C=O) groups excluding carboxylic acids is 2. The Morgan fingerprint density at radius 3 is 2.88 bits per heavy atom. The fourth-order valence-corrected chi connectivity index (χ4v) is 4.48. The predicted molar refractivity (Wildman–Crippen MR) is 86.1 cm³/mol. The molecule has 0 saturated carbocycles. The van der Waals surface area contributed by atoms with Gasteiger partial charge in [-0.3, -0.25) is 4.79 Å². The monoisotopic (exact) mass is 348 g/mol. The van der Waals surface area contributed by atoms with Gasteiger partial charge in [0.15, 0.2) is 11.9 Å². The lowest BCUT2D eigenvalue weighted by molar-refractivity contribution is -0.677. The highest BCUT2D eigenvalue weighted by molar-refractivity contribution is 8.02. The summed E-state index contributed by atoms with van der Waals surface area (Å²) in [6.07, 6.45) is 1.66. The van der Waals surface area contributed by atoms with E-state index in [2.05, 4.69) is 6.07 Å². The summed E-state index contributed by atoms with van der Waals surface area (Å²) in [6.45, 7) is 3.57.